The molecule has 0 saturated carbocycles. The van der Waals surface area contributed by atoms with E-state index in [1.807, 2.05) is 30.3 Å². The number of halogens is 1. The lowest BCUT2D eigenvalue weighted by atomic mass is 10.1. The van der Waals surface area contributed by atoms with Gasteiger partial charge < -0.3 is 14.2 Å². The van der Waals surface area contributed by atoms with Gasteiger partial charge in [0, 0.05) is 35.6 Å². The van der Waals surface area contributed by atoms with Crippen LogP contribution in [0.3, 0.4) is 0 Å². The fourth-order valence-electron chi connectivity index (χ4n) is 3.70. The van der Waals surface area contributed by atoms with Crippen LogP contribution < -0.4 is 4.90 Å². The van der Waals surface area contributed by atoms with E-state index in [-0.39, 0.29) is 0 Å². The van der Waals surface area contributed by atoms with E-state index in [0.29, 0.717) is 18.2 Å². The molecule has 3 heterocycles. The first kappa shape index (κ1) is 17.2. The maximum Gasteiger partial charge on any atom is 0.150 e. The van der Waals surface area contributed by atoms with Crippen molar-refractivity contribution in [1.82, 2.24) is 14.5 Å². The average molecular weight is 391 g/mol. The van der Waals surface area contributed by atoms with Crippen LogP contribution in [-0.4, -0.2) is 40.8 Å². The molecule has 2 aromatic carbocycles. The summed E-state index contributed by atoms with van der Waals surface area (Å²) in [5.41, 5.74) is 4.16. The van der Waals surface area contributed by atoms with Crippen LogP contribution in [0, 0.1) is 0 Å². The highest BCUT2D eigenvalue weighted by atomic mass is 35.5. The molecule has 0 radical (unpaired) electrons. The topological polar surface area (TPSA) is 43.2 Å². The zero-order chi connectivity index (χ0) is 18.9. The Bertz CT molecular complexity index is 1100. The molecule has 0 unspecified atom stereocenters. The number of hydrogen-bond donors (Lipinski definition) is 0. The number of benzene rings is 2. The minimum atomic E-state index is 0.712. The van der Waals surface area contributed by atoms with Crippen LogP contribution in [0.1, 0.15) is 0 Å². The van der Waals surface area contributed by atoms with Crippen LogP contribution in [0.15, 0.2) is 67.1 Å². The van der Waals surface area contributed by atoms with Gasteiger partial charge in [0.05, 0.1) is 18.6 Å². The maximum atomic E-state index is 6.09. The van der Waals surface area contributed by atoms with Gasteiger partial charge >= 0.3 is 0 Å². The van der Waals surface area contributed by atoms with Crippen molar-refractivity contribution < 1.29 is 4.74 Å². The number of morpholine rings is 1. The van der Waals surface area contributed by atoms with E-state index in [4.69, 9.17) is 16.3 Å². The van der Waals surface area contributed by atoms with Gasteiger partial charge in [0.1, 0.15) is 12.1 Å². The van der Waals surface area contributed by atoms with E-state index in [0.717, 1.165) is 46.8 Å². The number of hydrogen-bond acceptors (Lipinski definition) is 4. The maximum absolute atomic E-state index is 6.09. The predicted octanol–water partition coefficient (Wildman–Crippen LogP) is 4.58. The van der Waals surface area contributed by atoms with Crippen LogP contribution in [0.2, 0.25) is 5.02 Å². The molecule has 0 atom stereocenters. The third-order valence-electron chi connectivity index (χ3n) is 5.06. The zero-order valence-electron chi connectivity index (χ0n) is 15.3. The summed E-state index contributed by atoms with van der Waals surface area (Å²) in [6.07, 6.45) is 3.79. The first-order valence-corrected chi connectivity index (χ1v) is 9.69. The molecule has 28 heavy (non-hydrogen) atoms. The largest absolute Gasteiger partial charge is 0.378 e. The average Bonchev–Trinajstić information content (AvgIpc) is 3.15. The summed E-state index contributed by atoms with van der Waals surface area (Å²) in [6.45, 7) is 3.08. The first-order chi connectivity index (χ1) is 13.8. The van der Waals surface area contributed by atoms with E-state index < -0.39 is 0 Å². The van der Waals surface area contributed by atoms with E-state index in [1.54, 1.807) is 6.33 Å². The van der Waals surface area contributed by atoms with Gasteiger partial charge in [0.25, 0.3) is 0 Å². The quantitative estimate of drug-likeness (QED) is 0.513. The van der Waals surface area contributed by atoms with Crippen molar-refractivity contribution in [3.05, 3.63) is 72.1 Å². The van der Waals surface area contributed by atoms with Crippen molar-refractivity contribution in [2.75, 3.05) is 31.2 Å². The number of fused-ring (bicyclic) bond motifs is 1. The predicted molar refractivity (Wildman–Crippen MR) is 112 cm³/mol. The molecular formula is C22H19ClN4O. The zero-order valence-corrected chi connectivity index (χ0v) is 16.0. The lowest BCUT2D eigenvalue weighted by Crippen LogP contribution is -2.36. The molecule has 0 spiro atoms. The molecule has 0 bridgehead atoms. The van der Waals surface area contributed by atoms with Crippen molar-refractivity contribution in [1.29, 1.82) is 0 Å². The molecular weight excluding hydrogens is 372 g/mol. The SMILES string of the molecule is Clc1ccc(-n2cc(-c3ccccc3)c3c(N4CCOCC4)ncnc32)cc1. The fraction of sp³-hybridized carbons (Fsp3) is 0.182. The Labute approximate surface area is 168 Å². The van der Waals surface area contributed by atoms with Gasteiger partial charge in [-0.05, 0) is 29.8 Å². The molecule has 5 rings (SSSR count). The van der Waals surface area contributed by atoms with Crippen LogP contribution in [0.5, 0.6) is 0 Å². The summed E-state index contributed by atoms with van der Waals surface area (Å²) in [5, 5.41) is 1.78. The second-order valence-corrected chi connectivity index (χ2v) is 7.19. The van der Waals surface area contributed by atoms with Gasteiger partial charge in [0.15, 0.2) is 5.65 Å². The van der Waals surface area contributed by atoms with Gasteiger partial charge in [-0.2, -0.15) is 0 Å². The van der Waals surface area contributed by atoms with Gasteiger partial charge in [-0.15, -0.1) is 0 Å². The third-order valence-corrected chi connectivity index (χ3v) is 5.32. The molecule has 1 fully saturated rings. The first-order valence-electron chi connectivity index (χ1n) is 9.31. The number of nitrogens with zero attached hydrogens (tertiary/aromatic N) is 4. The Morgan fingerprint density at radius 1 is 0.893 bits per heavy atom. The number of rotatable bonds is 3. The molecule has 1 saturated heterocycles. The Morgan fingerprint density at radius 3 is 2.39 bits per heavy atom. The van der Waals surface area contributed by atoms with Crippen LogP contribution >= 0.6 is 11.6 Å². The molecule has 5 nitrogen and oxygen atoms in total. The molecule has 0 amide bonds. The second kappa shape index (κ2) is 7.26. The molecule has 6 heteroatoms. The van der Waals surface area contributed by atoms with Crippen LogP contribution in [0.25, 0.3) is 27.8 Å². The molecule has 0 aliphatic carbocycles. The summed E-state index contributed by atoms with van der Waals surface area (Å²) < 4.78 is 7.64. The minimum absolute atomic E-state index is 0.712. The Hall–Kier alpha value is -2.89. The summed E-state index contributed by atoms with van der Waals surface area (Å²) >= 11 is 6.09. The highest BCUT2D eigenvalue weighted by Crippen LogP contribution is 2.37. The normalized spacial score (nSPS) is 14.5. The van der Waals surface area contributed by atoms with Gasteiger partial charge in [0.2, 0.25) is 0 Å². The van der Waals surface area contributed by atoms with E-state index in [1.165, 1.54) is 0 Å². The smallest absolute Gasteiger partial charge is 0.150 e. The second-order valence-electron chi connectivity index (χ2n) is 6.75. The van der Waals surface area contributed by atoms with Crippen molar-refractivity contribution in [3.8, 4) is 16.8 Å². The highest BCUT2D eigenvalue weighted by molar-refractivity contribution is 6.30. The van der Waals surface area contributed by atoms with Crippen molar-refractivity contribution in [2.24, 2.45) is 0 Å². The molecule has 2 aromatic heterocycles. The number of anilines is 1. The van der Waals surface area contributed by atoms with E-state index in [9.17, 15) is 0 Å². The van der Waals surface area contributed by atoms with E-state index in [2.05, 4.69) is 49.9 Å². The monoisotopic (exact) mass is 390 g/mol. The van der Waals surface area contributed by atoms with Crippen LogP contribution in [0.4, 0.5) is 5.82 Å². The Kier molecular flexibility index (Phi) is 4.47. The number of ether oxygens (including phenoxy) is 1. The Morgan fingerprint density at radius 2 is 1.64 bits per heavy atom. The lowest BCUT2D eigenvalue weighted by Gasteiger charge is -2.28. The van der Waals surface area contributed by atoms with Crippen molar-refractivity contribution in [3.63, 3.8) is 0 Å². The standard InChI is InChI=1S/C22H19ClN4O/c23-17-6-8-18(9-7-17)27-14-19(16-4-2-1-3-5-16)20-21(24-15-25-22(20)27)26-10-12-28-13-11-26/h1-9,14-15H,10-13H2. The Balaban J connectivity index is 1.77. The summed E-state index contributed by atoms with van der Waals surface area (Å²) in [4.78, 5) is 11.6. The van der Waals surface area contributed by atoms with Gasteiger partial charge in [-0.25, -0.2) is 9.97 Å². The summed E-state index contributed by atoms with van der Waals surface area (Å²) in [7, 11) is 0. The lowest BCUT2D eigenvalue weighted by molar-refractivity contribution is 0.122. The molecule has 4 aromatic rings. The summed E-state index contributed by atoms with van der Waals surface area (Å²) in [5.74, 6) is 0.958. The van der Waals surface area contributed by atoms with Gasteiger partial charge in [-0.3, -0.25) is 0 Å². The van der Waals surface area contributed by atoms with Crippen molar-refractivity contribution >= 4 is 28.5 Å². The molecule has 0 N–H and O–H groups in total. The molecule has 1 aliphatic rings. The highest BCUT2D eigenvalue weighted by Gasteiger charge is 2.22. The van der Waals surface area contributed by atoms with Crippen molar-refractivity contribution in [2.45, 2.75) is 0 Å². The molecule has 140 valence electrons. The summed E-state index contributed by atoms with van der Waals surface area (Å²) in [6, 6.07) is 18.2. The number of aromatic nitrogens is 3. The fourth-order valence-corrected chi connectivity index (χ4v) is 3.82. The van der Waals surface area contributed by atoms with Crippen LogP contribution in [-0.2, 0) is 4.74 Å². The minimum Gasteiger partial charge on any atom is -0.378 e. The third kappa shape index (κ3) is 3.03. The van der Waals surface area contributed by atoms with E-state index >= 15 is 0 Å². The van der Waals surface area contributed by atoms with Gasteiger partial charge in [-0.1, -0.05) is 41.9 Å². The molecule has 1 aliphatic heterocycles.